The molecule has 0 saturated carbocycles. The second-order valence-electron chi connectivity index (χ2n) is 6.29. The van der Waals surface area contributed by atoms with Crippen LogP contribution in [-0.4, -0.2) is 51.0 Å². The Morgan fingerprint density at radius 2 is 2.12 bits per heavy atom. The van der Waals surface area contributed by atoms with Gasteiger partial charge in [-0.15, -0.1) is 0 Å². The topological polar surface area (TPSA) is 66.9 Å². The lowest BCUT2D eigenvalue weighted by molar-refractivity contribution is -0.116. The Morgan fingerprint density at radius 1 is 1.33 bits per heavy atom. The quantitative estimate of drug-likeness (QED) is 0.828. The molecule has 0 spiro atoms. The van der Waals surface area contributed by atoms with Gasteiger partial charge in [0.1, 0.15) is 0 Å². The van der Waals surface area contributed by atoms with Gasteiger partial charge >= 0.3 is 0 Å². The zero-order chi connectivity index (χ0) is 17.3. The van der Waals surface area contributed by atoms with E-state index in [9.17, 15) is 13.2 Å². The summed E-state index contributed by atoms with van der Waals surface area (Å²) in [6.07, 6.45) is 2.38. The number of amides is 1. The molecule has 1 saturated heterocycles. The van der Waals surface area contributed by atoms with Gasteiger partial charge in [-0.25, -0.2) is 8.42 Å². The van der Waals surface area contributed by atoms with Gasteiger partial charge in [0.15, 0.2) is 0 Å². The Bertz CT molecular complexity index is 730. The van der Waals surface area contributed by atoms with Crippen LogP contribution in [0.4, 0.5) is 5.69 Å². The van der Waals surface area contributed by atoms with Crippen molar-refractivity contribution in [1.82, 2.24) is 4.31 Å². The highest BCUT2D eigenvalue weighted by molar-refractivity contribution is 7.89. The lowest BCUT2D eigenvalue weighted by atomic mass is 10.1. The van der Waals surface area contributed by atoms with Gasteiger partial charge in [-0.3, -0.25) is 4.79 Å². The van der Waals surface area contributed by atoms with Crippen LogP contribution >= 0.6 is 0 Å². The Balaban J connectivity index is 1.84. The van der Waals surface area contributed by atoms with Crippen LogP contribution in [0.25, 0.3) is 0 Å². The number of rotatable bonds is 4. The summed E-state index contributed by atoms with van der Waals surface area (Å²) in [6, 6.07) is 5.08. The van der Waals surface area contributed by atoms with Gasteiger partial charge in [-0.2, -0.15) is 4.31 Å². The summed E-state index contributed by atoms with van der Waals surface area (Å²) in [6.45, 7) is 5.61. The molecule has 1 aromatic rings. The summed E-state index contributed by atoms with van der Waals surface area (Å²) < 4.78 is 33.0. The predicted molar refractivity (Wildman–Crippen MR) is 91.6 cm³/mol. The molecule has 3 rings (SSSR count). The third-order valence-electron chi connectivity index (χ3n) is 4.71. The SMILES string of the molecule is CCOC1CCCN(S(=O)(=O)c2ccc3c(c2)CCN3C(C)=O)C1. The van der Waals surface area contributed by atoms with E-state index in [0.29, 0.717) is 37.6 Å². The van der Waals surface area contributed by atoms with Crippen molar-refractivity contribution in [3.63, 3.8) is 0 Å². The number of anilines is 1. The fraction of sp³-hybridized carbons (Fsp3) is 0.588. The molecule has 1 aromatic carbocycles. The first-order valence-corrected chi connectivity index (χ1v) is 9.90. The lowest BCUT2D eigenvalue weighted by Gasteiger charge is -2.31. The van der Waals surface area contributed by atoms with Crippen LogP contribution in [0, 0.1) is 0 Å². The maximum absolute atomic E-state index is 12.9. The average Bonchev–Trinajstić information content (AvgIpc) is 2.98. The highest BCUT2D eigenvalue weighted by Crippen LogP contribution is 2.31. The van der Waals surface area contributed by atoms with Crippen molar-refractivity contribution in [1.29, 1.82) is 0 Å². The van der Waals surface area contributed by atoms with Crippen molar-refractivity contribution in [2.24, 2.45) is 0 Å². The lowest BCUT2D eigenvalue weighted by Crippen LogP contribution is -2.43. The minimum Gasteiger partial charge on any atom is -0.377 e. The van der Waals surface area contributed by atoms with E-state index in [1.807, 2.05) is 6.92 Å². The van der Waals surface area contributed by atoms with Crippen molar-refractivity contribution in [2.45, 2.75) is 44.1 Å². The maximum Gasteiger partial charge on any atom is 0.243 e. The number of fused-ring (bicyclic) bond motifs is 1. The molecular formula is C17H24N2O4S. The van der Waals surface area contributed by atoms with E-state index in [1.54, 1.807) is 23.1 Å². The molecule has 2 aliphatic heterocycles. The molecule has 0 aromatic heterocycles. The zero-order valence-corrected chi connectivity index (χ0v) is 15.0. The average molecular weight is 352 g/mol. The standard InChI is InChI=1S/C17H24N2O4S/c1-3-23-15-5-4-9-18(12-15)24(21,22)16-6-7-17-14(11-16)8-10-19(17)13(2)20/h6-7,11,15H,3-5,8-10,12H2,1-2H3. The van der Waals surface area contributed by atoms with E-state index in [1.165, 1.54) is 11.2 Å². The first kappa shape index (κ1) is 17.4. The van der Waals surface area contributed by atoms with Crippen LogP contribution in [0.5, 0.6) is 0 Å². The molecule has 1 unspecified atom stereocenters. The first-order chi connectivity index (χ1) is 11.4. The number of ether oxygens (including phenoxy) is 1. The number of hydrogen-bond acceptors (Lipinski definition) is 4. The number of piperidine rings is 1. The summed E-state index contributed by atoms with van der Waals surface area (Å²) in [4.78, 5) is 13.6. The number of carbonyl (C=O) groups excluding carboxylic acids is 1. The number of sulfonamides is 1. The molecule has 2 heterocycles. The Labute approximate surface area is 143 Å². The highest BCUT2D eigenvalue weighted by atomic mass is 32.2. The summed E-state index contributed by atoms with van der Waals surface area (Å²) in [5.74, 6) is -0.0139. The second-order valence-corrected chi connectivity index (χ2v) is 8.23. The number of hydrogen-bond donors (Lipinski definition) is 0. The third-order valence-corrected chi connectivity index (χ3v) is 6.57. The maximum atomic E-state index is 12.9. The molecule has 1 fully saturated rings. The first-order valence-electron chi connectivity index (χ1n) is 8.46. The number of carbonyl (C=O) groups is 1. The largest absolute Gasteiger partial charge is 0.377 e. The van der Waals surface area contributed by atoms with E-state index < -0.39 is 10.0 Å². The van der Waals surface area contributed by atoms with Gasteiger partial charge in [0.2, 0.25) is 15.9 Å². The molecule has 24 heavy (non-hydrogen) atoms. The molecule has 1 atom stereocenters. The monoisotopic (exact) mass is 352 g/mol. The van der Waals surface area contributed by atoms with Crippen LogP contribution in [-0.2, 0) is 26.0 Å². The smallest absolute Gasteiger partial charge is 0.243 e. The molecule has 2 aliphatic rings. The summed E-state index contributed by atoms with van der Waals surface area (Å²) in [7, 11) is -3.52. The van der Waals surface area contributed by atoms with Crippen LogP contribution in [0.1, 0.15) is 32.3 Å². The fourth-order valence-corrected chi connectivity index (χ4v) is 5.07. The van der Waals surface area contributed by atoms with Gasteiger partial charge < -0.3 is 9.64 Å². The minimum absolute atomic E-state index is 0.0139. The second kappa shape index (κ2) is 6.82. The summed E-state index contributed by atoms with van der Waals surface area (Å²) >= 11 is 0. The van der Waals surface area contributed by atoms with E-state index >= 15 is 0 Å². The van der Waals surface area contributed by atoms with Crippen LogP contribution in [0.15, 0.2) is 23.1 Å². The Hall–Kier alpha value is -1.44. The van der Waals surface area contributed by atoms with Crippen LogP contribution in [0.3, 0.4) is 0 Å². The molecule has 0 radical (unpaired) electrons. The third kappa shape index (κ3) is 3.20. The molecule has 0 N–H and O–H groups in total. The van der Waals surface area contributed by atoms with Gasteiger partial charge in [-0.1, -0.05) is 0 Å². The van der Waals surface area contributed by atoms with Gasteiger partial charge in [-0.05, 0) is 49.9 Å². The van der Waals surface area contributed by atoms with Crippen molar-refractivity contribution in [3.05, 3.63) is 23.8 Å². The van der Waals surface area contributed by atoms with Gasteiger partial charge in [0, 0.05) is 38.9 Å². The zero-order valence-electron chi connectivity index (χ0n) is 14.2. The molecular weight excluding hydrogens is 328 g/mol. The Morgan fingerprint density at radius 3 is 2.83 bits per heavy atom. The minimum atomic E-state index is -3.52. The molecule has 1 amide bonds. The summed E-state index contributed by atoms with van der Waals surface area (Å²) in [5, 5.41) is 0. The summed E-state index contributed by atoms with van der Waals surface area (Å²) in [5.41, 5.74) is 1.75. The molecule has 0 bridgehead atoms. The number of benzene rings is 1. The van der Waals surface area contributed by atoms with Crippen molar-refractivity contribution in [2.75, 3.05) is 31.1 Å². The highest BCUT2D eigenvalue weighted by Gasteiger charge is 2.32. The Kier molecular flexibility index (Phi) is 4.94. The van der Waals surface area contributed by atoms with Crippen LogP contribution in [0.2, 0.25) is 0 Å². The molecule has 0 aliphatic carbocycles. The normalized spacial score (nSPS) is 21.8. The van der Waals surface area contributed by atoms with Crippen LogP contribution < -0.4 is 4.90 Å². The fourth-order valence-electron chi connectivity index (χ4n) is 3.51. The predicted octanol–water partition coefficient (Wildman–Crippen LogP) is 1.79. The van der Waals surface area contributed by atoms with E-state index in [0.717, 1.165) is 24.1 Å². The molecule has 6 nitrogen and oxygen atoms in total. The van der Waals surface area contributed by atoms with E-state index in [2.05, 4.69) is 0 Å². The van der Waals surface area contributed by atoms with Crippen molar-refractivity contribution in [3.8, 4) is 0 Å². The van der Waals surface area contributed by atoms with E-state index in [-0.39, 0.29) is 12.0 Å². The molecule has 7 heteroatoms. The van der Waals surface area contributed by atoms with E-state index in [4.69, 9.17) is 4.74 Å². The molecule has 132 valence electrons. The van der Waals surface area contributed by atoms with Gasteiger partial charge in [0.25, 0.3) is 0 Å². The van der Waals surface area contributed by atoms with Gasteiger partial charge in [0.05, 0.1) is 11.0 Å². The van der Waals surface area contributed by atoms with Crippen molar-refractivity contribution >= 4 is 21.6 Å². The van der Waals surface area contributed by atoms with Crippen molar-refractivity contribution < 1.29 is 17.9 Å². The number of nitrogens with zero attached hydrogens (tertiary/aromatic N) is 2.